The molecule has 4 rings (SSSR count). The third kappa shape index (κ3) is 2.27. The molecule has 0 fully saturated rings. The maximum Gasteiger partial charge on any atom is 0.240 e. The van der Waals surface area contributed by atoms with E-state index in [-0.39, 0.29) is 10.9 Å². The van der Waals surface area contributed by atoms with E-state index in [1.54, 1.807) is 18.2 Å². The van der Waals surface area contributed by atoms with Crippen LogP contribution in [0.15, 0.2) is 52.0 Å². The van der Waals surface area contributed by atoms with E-state index in [9.17, 15) is 8.42 Å². The maximum atomic E-state index is 12.0. The molecule has 1 unspecified atom stereocenters. The van der Waals surface area contributed by atoms with Crippen molar-refractivity contribution in [3.05, 3.63) is 47.7 Å². The molecule has 2 aliphatic heterocycles. The minimum atomic E-state index is -3.47. The molecule has 0 saturated carbocycles. The smallest absolute Gasteiger partial charge is 0.240 e. The Morgan fingerprint density at radius 3 is 2.92 bits per heavy atom. The summed E-state index contributed by atoms with van der Waals surface area (Å²) >= 11 is 0. The quantitative estimate of drug-likeness (QED) is 0.791. The lowest BCUT2D eigenvalue weighted by Crippen LogP contribution is -2.29. The Bertz CT molecular complexity index is 974. The van der Waals surface area contributed by atoms with Crippen molar-refractivity contribution < 1.29 is 8.42 Å². The van der Waals surface area contributed by atoms with Gasteiger partial charge in [-0.25, -0.2) is 23.1 Å². The second-order valence-corrected chi connectivity index (χ2v) is 7.65. The average molecular weight is 343 g/mol. The van der Waals surface area contributed by atoms with Crippen molar-refractivity contribution in [1.82, 2.24) is 20.1 Å². The summed E-state index contributed by atoms with van der Waals surface area (Å²) in [7, 11) is -0.0949. The van der Waals surface area contributed by atoms with Gasteiger partial charge in [0.1, 0.15) is 5.82 Å². The van der Waals surface area contributed by atoms with Gasteiger partial charge in [0.15, 0.2) is 0 Å². The Morgan fingerprint density at radius 1 is 1.29 bits per heavy atom. The zero-order valence-corrected chi connectivity index (χ0v) is 14.1. The van der Waals surface area contributed by atoms with Crippen LogP contribution >= 0.6 is 0 Å². The van der Waals surface area contributed by atoms with Gasteiger partial charge in [-0.2, -0.15) is 0 Å². The molecular weight excluding hydrogens is 326 g/mol. The third-order valence-electron chi connectivity index (χ3n) is 4.33. The van der Waals surface area contributed by atoms with Gasteiger partial charge in [-0.3, -0.25) is 0 Å². The molecule has 0 saturated heterocycles. The Kier molecular flexibility index (Phi) is 3.34. The average Bonchev–Trinajstić information content (AvgIpc) is 3.18. The van der Waals surface area contributed by atoms with Crippen molar-refractivity contribution in [2.45, 2.75) is 10.9 Å². The minimum absolute atomic E-state index is 0.103. The van der Waals surface area contributed by atoms with Crippen LogP contribution in [-0.4, -0.2) is 38.7 Å². The van der Waals surface area contributed by atoms with Gasteiger partial charge in [-0.1, -0.05) is 12.1 Å². The van der Waals surface area contributed by atoms with Gasteiger partial charge in [0.25, 0.3) is 0 Å². The van der Waals surface area contributed by atoms with Crippen molar-refractivity contribution in [3.63, 3.8) is 0 Å². The largest absolute Gasteiger partial charge is 0.339 e. The van der Waals surface area contributed by atoms with E-state index in [0.29, 0.717) is 0 Å². The summed E-state index contributed by atoms with van der Waals surface area (Å²) in [5, 5.41) is 2.01. The SMILES string of the molecule is CNS(=O)(=O)c1cccc(-c2cc3c([nH]2)N=CC2=CNN(C)C23)c1. The zero-order valence-electron chi connectivity index (χ0n) is 13.2. The van der Waals surface area contributed by atoms with Crippen LogP contribution in [0.1, 0.15) is 11.6 Å². The van der Waals surface area contributed by atoms with E-state index in [1.165, 1.54) is 7.05 Å². The number of rotatable bonds is 3. The van der Waals surface area contributed by atoms with Gasteiger partial charge in [-0.05, 0) is 30.8 Å². The van der Waals surface area contributed by atoms with Crippen LogP contribution in [0.25, 0.3) is 11.3 Å². The fourth-order valence-corrected chi connectivity index (χ4v) is 3.84. The van der Waals surface area contributed by atoms with Crippen LogP contribution in [0.4, 0.5) is 5.82 Å². The summed E-state index contributed by atoms with van der Waals surface area (Å²) in [5.74, 6) is 0.796. The predicted octanol–water partition coefficient (Wildman–Crippen LogP) is 1.68. The van der Waals surface area contributed by atoms with E-state index in [1.807, 2.05) is 36.6 Å². The number of aromatic nitrogens is 1. The topological polar surface area (TPSA) is 89.6 Å². The summed E-state index contributed by atoms with van der Waals surface area (Å²) in [6.07, 6.45) is 3.77. The van der Waals surface area contributed by atoms with Crippen molar-refractivity contribution in [3.8, 4) is 11.3 Å². The molecule has 1 aromatic carbocycles. The molecule has 7 nitrogen and oxygen atoms in total. The molecule has 2 aromatic rings. The van der Waals surface area contributed by atoms with Crippen LogP contribution in [0.5, 0.6) is 0 Å². The molecular formula is C16H17N5O2S. The zero-order chi connectivity index (χ0) is 16.9. The van der Waals surface area contributed by atoms with Gasteiger partial charge >= 0.3 is 0 Å². The number of aliphatic imine (C=N–C) groups is 1. The highest BCUT2D eigenvalue weighted by molar-refractivity contribution is 7.89. The van der Waals surface area contributed by atoms with Crippen LogP contribution in [0.3, 0.4) is 0 Å². The number of likely N-dealkylation sites (N-methyl/N-ethyl adjacent to an activating group) is 1. The highest BCUT2D eigenvalue weighted by Gasteiger charge is 2.31. The van der Waals surface area contributed by atoms with E-state index in [2.05, 4.69) is 20.1 Å². The first-order valence-corrected chi connectivity index (χ1v) is 8.98. The van der Waals surface area contributed by atoms with Crippen LogP contribution in [0.2, 0.25) is 0 Å². The fourth-order valence-electron chi connectivity index (χ4n) is 3.07. The van der Waals surface area contributed by atoms with Gasteiger partial charge in [-0.15, -0.1) is 0 Å². The minimum Gasteiger partial charge on any atom is -0.339 e. The van der Waals surface area contributed by atoms with Crippen molar-refractivity contribution in [1.29, 1.82) is 0 Å². The number of hydrogen-bond acceptors (Lipinski definition) is 5. The number of nitrogens with one attached hydrogen (secondary N) is 3. The standard InChI is InChI=1S/C16H17N5O2S/c1-17-24(22,23)12-5-3-4-10(6-12)14-7-13-15-11(9-19-21(15)2)8-18-16(13)20-14/h3-9,15,17,19-20H,1-2H3. The van der Waals surface area contributed by atoms with Crippen molar-refractivity contribution >= 4 is 22.1 Å². The number of benzene rings is 1. The Labute approximate surface area is 140 Å². The molecule has 0 bridgehead atoms. The summed E-state index contributed by atoms with van der Waals surface area (Å²) < 4.78 is 26.3. The number of hydrogen-bond donors (Lipinski definition) is 3. The predicted molar refractivity (Wildman–Crippen MR) is 92.3 cm³/mol. The molecule has 2 aliphatic rings. The van der Waals surface area contributed by atoms with Crippen LogP contribution in [-0.2, 0) is 10.0 Å². The van der Waals surface area contributed by atoms with Crippen LogP contribution in [0, 0.1) is 0 Å². The number of nitrogens with zero attached hydrogens (tertiary/aromatic N) is 2. The lowest BCUT2D eigenvalue weighted by molar-refractivity contribution is 0.253. The summed E-state index contributed by atoms with van der Waals surface area (Å²) in [4.78, 5) is 7.98. The number of H-pyrrole nitrogens is 1. The number of sulfonamides is 1. The second-order valence-electron chi connectivity index (χ2n) is 5.77. The third-order valence-corrected chi connectivity index (χ3v) is 5.74. The first-order valence-electron chi connectivity index (χ1n) is 7.49. The monoisotopic (exact) mass is 343 g/mol. The molecule has 1 aromatic heterocycles. The van der Waals surface area contributed by atoms with Gasteiger partial charge in [0.2, 0.25) is 10.0 Å². The Balaban J connectivity index is 1.78. The Hall–Kier alpha value is -2.42. The molecule has 0 radical (unpaired) electrons. The van der Waals surface area contributed by atoms with E-state index in [4.69, 9.17) is 0 Å². The van der Waals surface area contributed by atoms with Gasteiger partial charge in [0, 0.05) is 36.3 Å². The molecule has 24 heavy (non-hydrogen) atoms. The molecule has 3 heterocycles. The highest BCUT2D eigenvalue weighted by atomic mass is 32.2. The number of hydrazine groups is 1. The number of fused-ring (bicyclic) bond motifs is 3. The van der Waals surface area contributed by atoms with Gasteiger partial charge in [0.05, 0.1) is 10.9 Å². The lowest BCUT2D eigenvalue weighted by Gasteiger charge is -2.23. The van der Waals surface area contributed by atoms with E-state index >= 15 is 0 Å². The first-order chi connectivity index (χ1) is 11.5. The summed E-state index contributed by atoms with van der Waals surface area (Å²) in [6.45, 7) is 0. The Morgan fingerprint density at radius 2 is 2.12 bits per heavy atom. The van der Waals surface area contributed by atoms with Crippen molar-refractivity contribution in [2.75, 3.05) is 14.1 Å². The fraction of sp³-hybridized carbons (Fsp3) is 0.188. The van der Waals surface area contributed by atoms with E-state index in [0.717, 1.165) is 28.2 Å². The number of aromatic amines is 1. The highest BCUT2D eigenvalue weighted by Crippen LogP contribution is 2.40. The molecule has 124 valence electrons. The molecule has 0 amide bonds. The lowest BCUT2D eigenvalue weighted by atomic mass is 10.00. The maximum absolute atomic E-state index is 12.0. The summed E-state index contributed by atoms with van der Waals surface area (Å²) in [5.41, 5.74) is 6.97. The van der Waals surface area contributed by atoms with Crippen molar-refractivity contribution in [2.24, 2.45) is 4.99 Å². The second kappa shape index (κ2) is 5.30. The molecule has 1 atom stereocenters. The molecule has 8 heteroatoms. The first kappa shape index (κ1) is 15.1. The normalized spacial score (nSPS) is 19.6. The van der Waals surface area contributed by atoms with Gasteiger partial charge < -0.3 is 10.4 Å². The molecule has 0 aliphatic carbocycles. The van der Waals surface area contributed by atoms with E-state index < -0.39 is 10.0 Å². The molecule has 0 spiro atoms. The summed E-state index contributed by atoms with van der Waals surface area (Å²) in [6, 6.07) is 8.97. The van der Waals surface area contributed by atoms with Crippen LogP contribution < -0.4 is 10.1 Å². The molecule has 3 N–H and O–H groups in total.